The molecule has 2 unspecified atom stereocenters. The summed E-state index contributed by atoms with van der Waals surface area (Å²) in [7, 11) is 0. The molecule has 0 aromatic rings. The number of hydrogen-bond donors (Lipinski definition) is 3. The Kier molecular flexibility index (Phi) is 13.0. The Bertz CT molecular complexity index is 451. The van der Waals surface area contributed by atoms with Crippen LogP contribution in [0.25, 0.3) is 0 Å². The second-order valence-corrected chi connectivity index (χ2v) is 8.71. The summed E-state index contributed by atoms with van der Waals surface area (Å²) in [5, 5.41) is 11.8. The van der Waals surface area contributed by atoms with Crippen LogP contribution in [0.15, 0.2) is 0 Å². The van der Waals surface area contributed by atoms with Crippen LogP contribution in [0.4, 0.5) is 0 Å². The third-order valence-corrected chi connectivity index (χ3v) is 4.90. The Labute approximate surface area is 164 Å². The molecule has 27 heavy (non-hydrogen) atoms. The van der Waals surface area contributed by atoms with Gasteiger partial charge in [0.1, 0.15) is 0 Å². The van der Waals surface area contributed by atoms with Gasteiger partial charge in [0, 0.05) is 0 Å². The molecule has 0 aliphatic rings. The predicted molar refractivity (Wildman–Crippen MR) is 108 cm³/mol. The summed E-state index contributed by atoms with van der Waals surface area (Å²) in [5.74, 6) is -0.484. The molecule has 0 aromatic carbocycles. The number of amides is 1. The van der Waals surface area contributed by atoms with Crippen LogP contribution in [0.5, 0.6) is 0 Å². The molecule has 0 fully saturated rings. The molecule has 0 heterocycles. The van der Waals surface area contributed by atoms with E-state index < -0.39 is 29.9 Å². The van der Waals surface area contributed by atoms with Crippen LogP contribution in [0.2, 0.25) is 0 Å². The van der Waals surface area contributed by atoms with Gasteiger partial charge in [-0.05, 0) is 36.5 Å². The van der Waals surface area contributed by atoms with Crippen molar-refractivity contribution < 1.29 is 19.5 Å². The number of nitrogens with one attached hydrogen (secondary N) is 1. The van der Waals surface area contributed by atoms with Crippen molar-refractivity contribution in [2.75, 3.05) is 0 Å². The van der Waals surface area contributed by atoms with Gasteiger partial charge >= 0.3 is 5.97 Å². The normalized spacial score (nSPS) is 16.0. The van der Waals surface area contributed by atoms with Gasteiger partial charge in [-0.2, -0.15) is 0 Å². The van der Waals surface area contributed by atoms with E-state index in [9.17, 15) is 19.5 Å². The highest BCUT2D eigenvalue weighted by Gasteiger charge is 2.28. The molecule has 0 rings (SSSR count). The van der Waals surface area contributed by atoms with Crippen molar-refractivity contribution in [2.45, 2.75) is 91.6 Å². The molecule has 0 saturated carbocycles. The molecular formula is C21H39N2O4. The van der Waals surface area contributed by atoms with Gasteiger partial charge in [-0.3, -0.25) is 14.4 Å². The van der Waals surface area contributed by atoms with E-state index in [2.05, 4.69) is 26.1 Å². The largest absolute Gasteiger partial charge is 0.481 e. The molecular weight excluding hydrogens is 344 g/mol. The Hall–Kier alpha value is -1.43. The van der Waals surface area contributed by atoms with Crippen molar-refractivity contribution in [1.29, 1.82) is 0 Å². The quantitative estimate of drug-likeness (QED) is 0.402. The summed E-state index contributed by atoms with van der Waals surface area (Å²) in [6.45, 7) is 10.5. The number of nitrogens with two attached hydrogens (primary N) is 1. The number of aliphatic carboxylic acids is 1. The van der Waals surface area contributed by atoms with Gasteiger partial charge < -0.3 is 16.2 Å². The number of carbonyl (C=O) groups is 2. The molecule has 0 bridgehead atoms. The minimum Gasteiger partial charge on any atom is -0.481 e. The van der Waals surface area contributed by atoms with Crippen molar-refractivity contribution >= 4 is 18.2 Å². The van der Waals surface area contributed by atoms with Crippen LogP contribution in [0.1, 0.15) is 79.6 Å². The molecule has 1 amide bonds. The van der Waals surface area contributed by atoms with Crippen molar-refractivity contribution in [3.05, 3.63) is 0 Å². The lowest BCUT2D eigenvalue weighted by Gasteiger charge is -2.25. The molecule has 0 aromatic heterocycles. The highest BCUT2D eigenvalue weighted by Crippen LogP contribution is 2.23. The first-order chi connectivity index (χ1) is 12.6. The molecule has 6 nitrogen and oxygen atoms in total. The molecule has 4 atom stereocenters. The van der Waals surface area contributed by atoms with Crippen LogP contribution in [-0.2, 0) is 14.4 Å². The fraction of sp³-hybridized carbons (Fsp3) is 0.857. The molecule has 0 aliphatic carbocycles. The lowest BCUT2D eigenvalue weighted by molar-refractivity contribution is -0.138. The second-order valence-electron chi connectivity index (χ2n) is 8.71. The zero-order valence-electron chi connectivity index (χ0n) is 17.7. The van der Waals surface area contributed by atoms with Gasteiger partial charge in [-0.15, -0.1) is 0 Å². The Morgan fingerprint density at radius 2 is 1.63 bits per heavy atom. The first kappa shape index (κ1) is 25.6. The summed E-state index contributed by atoms with van der Waals surface area (Å²) in [5.41, 5.74) is 5.87. The maximum Gasteiger partial charge on any atom is 0.303 e. The summed E-state index contributed by atoms with van der Waals surface area (Å²) >= 11 is 0. The molecule has 157 valence electrons. The number of carbonyl (C=O) groups excluding carboxylic acids is 2. The monoisotopic (exact) mass is 383 g/mol. The summed E-state index contributed by atoms with van der Waals surface area (Å²) in [4.78, 5) is 34.9. The van der Waals surface area contributed by atoms with Crippen molar-refractivity contribution in [3.63, 3.8) is 0 Å². The van der Waals surface area contributed by atoms with Crippen LogP contribution in [0, 0.1) is 23.7 Å². The van der Waals surface area contributed by atoms with Crippen molar-refractivity contribution in [2.24, 2.45) is 29.4 Å². The van der Waals surface area contributed by atoms with Gasteiger partial charge in [-0.1, -0.05) is 60.3 Å². The van der Waals surface area contributed by atoms with Gasteiger partial charge in [-0.25, -0.2) is 0 Å². The van der Waals surface area contributed by atoms with E-state index in [0.29, 0.717) is 24.7 Å². The summed E-state index contributed by atoms with van der Waals surface area (Å²) in [6, 6.07) is -1.64. The summed E-state index contributed by atoms with van der Waals surface area (Å²) < 4.78 is 0. The van der Waals surface area contributed by atoms with Crippen molar-refractivity contribution in [1.82, 2.24) is 5.32 Å². The zero-order valence-corrected chi connectivity index (χ0v) is 17.7. The average Bonchev–Trinajstić information content (AvgIpc) is 2.55. The maximum atomic E-state index is 12.2. The SMILES string of the molecule is CC(C)CCCC(C)CCC(CC(=O)O)[C@@H]([C]=O)NC(=O)[C@@H](N)CC(C)C. The highest BCUT2D eigenvalue weighted by atomic mass is 16.4. The Morgan fingerprint density at radius 1 is 1.00 bits per heavy atom. The molecule has 4 N–H and O–H groups in total. The van der Waals surface area contributed by atoms with E-state index in [0.717, 1.165) is 19.3 Å². The minimum absolute atomic E-state index is 0.168. The van der Waals surface area contributed by atoms with Crippen LogP contribution >= 0.6 is 0 Å². The van der Waals surface area contributed by atoms with Crippen LogP contribution in [-0.4, -0.2) is 35.4 Å². The molecule has 1 radical (unpaired) electrons. The van der Waals surface area contributed by atoms with Crippen LogP contribution in [0.3, 0.4) is 0 Å². The van der Waals surface area contributed by atoms with Gasteiger partial charge in [0.25, 0.3) is 0 Å². The molecule has 6 heteroatoms. The first-order valence-electron chi connectivity index (χ1n) is 10.2. The Balaban J connectivity index is 4.74. The number of carboxylic acids is 1. The van der Waals surface area contributed by atoms with E-state index in [-0.39, 0.29) is 12.3 Å². The number of rotatable bonds is 15. The van der Waals surface area contributed by atoms with E-state index in [1.54, 1.807) is 0 Å². The molecule has 0 spiro atoms. The summed E-state index contributed by atoms with van der Waals surface area (Å²) in [6.07, 6.45) is 6.96. The van der Waals surface area contributed by atoms with E-state index in [1.165, 1.54) is 6.42 Å². The first-order valence-corrected chi connectivity index (χ1v) is 10.2. The fourth-order valence-electron chi connectivity index (χ4n) is 3.25. The third-order valence-electron chi connectivity index (χ3n) is 4.90. The third kappa shape index (κ3) is 12.6. The van der Waals surface area contributed by atoms with E-state index in [4.69, 9.17) is 5.73 Å². The van der Waals surface area contributed by atoms with E-state index >= 15 is 0 Å². The predicted octanol–water partition coefficient (Wildman–Crippen LogP) is 3.29. The number of carboxylic acid groups (broad SMARTS) is 1. The lowest BCUT2D eigenvalue weighted by atomic mass is 9.87. The van der Waals surface area contributed by atoms with Gasteiger partial charge in [0.15, 0.2) is 0 Å². The van der Waals surface area contributed by atoms with E-state index in [1.807, 2.05) is 20.1 Å². The topological polar surface area (TPSA) is 109 Å². The second kappa shape index (κ2) is 13.7. The van der Waals surface area contributed by atoms with Gasteiger partial charge in [0.05, 0.1) is 18.5 Å². The standard InChI is InChI=1S/C21H39N2O4/c1-14(2)7-6-8-16(5)9-10-17(12-20(25)26)19(13-24)23-21(27)18(22)11-15(3)4/h14-19H,6-12,22H2,1-5H3,(H,23,27)(H,25,26)/t16?,17?,18-,19+/m0/s1. The highest BCUT2D eigenvalue weighted by molar-refractivity contribution is 5.84. The fourth-order valence-corrected chi connectivity index (χ4v) is 3.25. The number of hydrogen-bond acceptors (Lipinski definition) is 4. The maximum absolute atomic E-state index is 12.2. The zero-order chi connectivity index (χ0) is 21.0. The van der Waals surface area contributed by atoms with Gasteiger partial charge in [0.2, 0.25) is 12.2 Å². The lowest BCUT2D eigenvalue weighted by Crippen LogP contribution is -2.49. The van der Waals surface area contributed by atoms with Crippen LogP contribution < -0.4 is 11.1 Å². The van der Waals surface area contributed by atoms with Crippen molar-refractivity contribution in [3.8, 4) is 0 Å². The molecule has 0 saturated heterocycles. The smallest absolute Gasteiger partial charge is 0.303 e. The average molecular weight is 384 g/mol. The Morgan fingerprint density at radius 3 is 2.11 bits per heavy atom. The minimum atomic E-state index is -0.978. The molecule has 0 aliphatic heterocycles.